The smallest absolute Gasteiger partial charge is 0.352 e. The van der Waals surface area contributed by atoms with Crippen LogP contribution in [0.4, 0.5) is 0 Å². The molecule has 0 aliphatic carbocycles. The molecule has 0 amide bonds. The Morgan fingerprint density at radius 3 is 2.81 bits per heavy atom. The molecule has 1 aliphatic heterocycles. The molecular formula is C21H21NO4S. The molecule has 4 rings (SSSR count). The summed E-state index contributed by atoms with van der Waals surface area (Å²) in [4.78, 5) is 12.9. The average Bonchev–Trinajstić information content (AvgIpc) is 3.32. The molecule has 5 nitrogen and oxygen atoms in total. The van der Waals surface area contributed by atoms with E-state index in [2.05, 4.69) is 12.1 Å². The molecular weight excluding hydrogens is 362 g/mol. The third-order valence-electron chi connectivity index (χ3n) is 5.07. The van der Waals surface area contributed by atoms with E-state index in [0.717, 1.165) is 39.4 Å². The number of aryl methyl sites for hydroxylation is 2. The summed E-state index contributed by atoms with van der Waals surface area (Å²) in [6.45, 7) is 0.759. The van der Waals surface area contributed by atoms with Crippen molar-refractivity contribution in [3.63, 3.8) is 0 Å². The van der Waals surface area contributed by atoms with E-state index in [9.17, 15) is 15.0 Å². The minimum Gasteiger partial charge on any atom is -0.496 e. The Balaban J connectivity index is 1.94. The number of rotatable bonds is 6. The van der Waals surface area contributed by atoms with Gasteiger partial charge in [-0.1, -0.05) is 6.07 Å². The summed E-state index contributed by atoms with van der Waals surface area (Å²) in [5.41, 5.74) is 5.51. The van der Waals surface area contributed by atoms with Gasteiger partial charge in [0.2, 0.25) is 0 Å². The topological polar surface area (TPSA) is 71.7 Å². The van der Waals surface area contributed by atoms with Crippen LogP contribution in [0, 0.1) is 0 Å². The number of aromatic carboxylic acids is 1. The highest BCUT2D eigenvalue weighted by Crippen LogP contribution is 2.43. The second-order valence-corrected chi connectivity index (χ2v) is 7.57. The Kier molecular flexibility index (Phi) is 4.76. The summed E-state index contributed by atoms with van der Waals surface area (Å²) < 4.78 is 7.48. The van der Waals surface area contributed by atoms with Gasteiger partial charge in [0.05, 0.1) is 12.8 Å². The number of ether oxygens (including phenoxy) is 1. The number of carboxylic acid groups (broad SMARTS) is 1. The predicted molar refractivity (Wildman–Crippen MR) is 106 cm³/mol. The van der Waals surface area contributed by atoms with Crippen molar-refractivity contribution < 1.29 is 19.7 Å². The number of benzene rings is 1. The summed E-state index contributed by atoms with van der Waals surface area (Å²) in [5, 5.41) is 20.9. The number of methoxy groups -OCH3 is 1. The van der Waals surface area contributed by atoms with Crippen molar-refractivity contribution in [2.45, 2.75) is 25.8 Å². The fourth-order valence-electron chi connectivity index (χ4n) is 3.85. The van der Waals surface area contributed by atoms with Crippen LogP contribution < -0.4 is 4.74 Å². The van der Waals surface area contributed by atoms with E-state index in [4.69, 9.17) is 4.74 Å². The molecule has 0 saturated carbocycles. The number of nitrogens with zero attached hydrogens (tertiary/aromatic N) is 1. The van der Waals surface area contributed by atoms with E-state index in [1.165, 1.54) is 5.56 Å². The molecule has 3 heterocycles. The van der Waals surface area contributed by atoms with Crippen molar-refractivity contribution in [1.29, 1.82) is 0 Å². The summed E-state index contributed by atoms with van der Waals surface area (Å²) in [6.07, 6.45) is 2.14. The van der Waals surface area contributed by atoms with E-state index in [-0.39, 0.29) is 6.61 Å². The molecule has 0 atom stereocenters. The largest absolute Gasteiger partial charge is 0.496 e. The molecule has 6 heteroatoms. The summed E-state index contributed by atoms with van der Waals surface area (Å²) >= 11 is 1.61. The molecule has 0 unspecified atom stereocenters. The number of fused-ring (bicyclic) bond motifs is 3. The van der Waals surface area contributed by atoms with Crippen molar-refractivity contribution in [2.24, 2.45) is 0 Å². The highest BCUT2D eigenvalue weighted by molar-refractivity contribution is 7.13. The van der Waals surface area contributed by atoms with Gasteiger partial charge in [0.1, 0.15) is 11.4 Å². The Bertz CT molecular complexity index is 988. The lowest BCUT2D eigenvalue weighted by atomic mass is 9.92. The van der Waals surface area contributed by atoms with Gasteiger partial charge in [0, 0.05) is 29.2 Å². The maximum Gasteiger partial charge on any atom is 0.352 e. The van der Waals surface area contributed by atoms with Crippen LogP contribution in [0.1, 0.15) is 28.0 Å². The van der Waals surface area contributed by atoms with E-state index in [1.807, 2.05) is 22.1 Å². The molecule has 3 aromatic rings. The molecule has 2 aromatic heterocycles. The van der Waals surface area contributed by atoms with E-state index >= 15 is 0 Å². The monoisotopic (exact) mass is 383 g/mol. The first-order valence-corrected chi connectivity index (χ1v) is 9.83. The minimum atomic E-state index is -0.906. The molecule has 140 valence electrons. The first-order valence-electron chi connectivity index (χ1n) is 8.95. The Morgan fingerprint density at radius 2 is 2.15 bits per heavy atom. The molecule has 27 heavy (non-hydrogen) atoms. The van der Waals surface area contributed by atoms with Gasteiger partial charge in [-0.2, -0.15) is 0 Å². The third-order valence-corrected chi connectivity index (χ3v) is 5.98. The summed E-state index contributed by atoms with van der Waals surface area (Å²) in [7, 11) is 1.66. The molecule has 1 aliphatic rings. The number of aromatic nitrogens is 1. The lowest BCUT2D eigenvalue weighted by Crippen LogP contribution is -2.16. The van der Waals surface area contributed by atoms with E-state index < -0.39 is 5.97 Å². The fraction of sp³-hybridized carbons (Fsp3) is 0.286. The van der Waals surface area contributed by atoms with Crippen LogP contribution in [-0.4, -0.2) is 34.5 Å². The molecule has 1 aromatic carbocycles. The van der Waals surface area contributed by atoms with Gasteiger partial charge >= 0.3 is 5.97 Å². The van der Waals surface area contributed by atoms with Crippen molar-refractivity contribution >= 4 is 17.3 Å². The number of thiophene rings is 1. The zero-order valence-corrected chi connectivity index (χ0v) is 15.9. The Labute approximate surface area is 161 Å². The van der Waals surface area contributed by atoms with Crippen LogP contribution in [0.3, 0.4) is 0 Å². The predicted octanol–water partition coefficient (Wildman–Crippen LogP) is 4.07. The van der Waals surface area contributed by atoms with Crippen molar-refractivity contribution in [2.75, 3.05) is 13.7 Å². The molecule has 0 spiro atoms. The van der Waals surface area contributed by atoms with Crippen LogP contribution >= 0.6 is 11.3 Å². The Hall–Kier alpha value is -2.57. The molecule has 0 bridgehead atoms. The number of hydrogen-bond acceptors (Lipinski definition) is 4. The lowest BCUT2D eigenvalue weighted by molar-refractivity contribution is 0.0685. The van der Waals surface area contributed by atoms with Gasteiger partial charge < -0.3 is 19.5 Å². The summed E-state index contributed by atoms with van der Waals surface area (Å²) in [6, 6.07) is 9.97. The highest BCUT2D eigenvalue weighted by atomic mass is 32.1. The number of carboxylic acids is 1. The van der Waals surface area contributed by atoms with E-state index in [0.29, 0.717) is 25.1 Å². The number of hydrogen-bond donors (Lipinski definition) is 2. The standard InChI is InChI=1S/C21H21NO4S/c1-26-18-11-13-6-7-22-17(21(24)25)12-16(19-5-3-9-27-19)20(22)15(13)10-14(18)4-2-8-23/h3,5,9-12,23H,2,4,6-8H2,1H3,(H,24,25). The molecule has 0 fully saturated rings. The quantitative estimate of drug-likeness (QED) is 0.673. The zero-order chi connectivity index (χ0) is 19.0. The van der Waals surface area contributed by atoms with Crippen molar-refractivity contribution in [3.05, 3.63) is 52.5 Å². The van der Waals surface area contributed by atoms with Gasteiger partial charge in [-0.25, -0.2) is 4.79 Å². The van der Waals surface area contributed by atoms with Gasteiger partial charge in [-0.05, 0) is 60.0 Å². The molecule has 0 saturated heterocycles. The van der Waals surface area contributed by atoms with E-state index in [1.54, 1.807) is 24.5 Å². The van der Waals surface area contributed by atoms with Crippen LogP contribution in [0.5, 0.6) is 5.75 Å². The maximum absolute atomic E-state index is 11.8. The SMILES string of the molecule is COc1cc2c(cc1CCCO)-c1c(-c3cccs3)cc(C(=O)O)n1CC2. The van der Waals surface area contributed by atoms with Crippen LogP contribution in [-0.2, 0) is 19.4 Å². The zero-order valence-electron chi connectivity index (χ0n) is 15.1. The fourth-order valence-corrected chi connectivity index (χ4v) is 4.59. The van der Waals surface area contributed by atoms with Crippen molar-refractivity contribution in [3.8, 4) is 27.4 Å². The first kappa shape index (κ1) is 17.8. The van der Waals surface area contributed by atoms with Gasteiger partial charge in [-0.3, -0.25) is 0 Å². The maximum atomic E-state index is 11.8. The van der Waals surface area contributed by atoms with Gasteiger partial charge in [0.15, 0.2) is 0 Å². The average molecular weight is 383 g/mol. The van der Waals surface area contributed by atoms with Crippen LogP contribution in [0.15, 0.2) is 35.7 Å². The Morgan fingerprint density at radius 1 is 1.30 bits per heavy atom. The minimum absolute atomic E-state index is 0.125. The highest BCUT2D eigenvalue weighted by Gasteiger charge is 2.27. The number of aliphatic hydroxyl groups is 1. The normalized spacial score (nSPS) is 12.5. The van der Waals surface area contributed by atoms with Crippen LogP contribution in [0.2, 0.25) is 0 Å². The summed E-state index contributed by atoms with van der Waals surface area (Å²) in [5.74, 6) is -0.0742. The molecule has 2 N–H and O–H groups in total. The second kappa shape index (κ2) is 7.21. The van der Waals surface area contributed by atoms with Crippen LogP contribution in [0.25, 0.3) is 21.7 Å². The second-order valence-electron chi connectivity index (χ2n) is 6.62. The number of aliphatic hydroxyl groups excluding tert-OH is 1. The first-order chi connectivity index (χ1) is 13.1. The number of carbonyl (C=O) groups is 1. The van der Waals surface area contributed by atoms with Gasteiger partial charge in [-0.15, -0.1) is 11.3 Å². The lowest BCUT2D eigenvalue weighted by Gasteiger charge is -2.24. The van der Waals surface area contributed by atoms with Crippen molar-refractivity contribution in [1.82, 2.24) is 4.57 Å². The third kappa shape index (κ3) is 3.05. The molecule has 0 radical (unpaired) electrons. The van der Waals surface area contributed by atoms with Gasteiger partial charge in [0.25, 0.3) is 0 Å².